The minimum absolute atomic E-state index is 0.0839. The molecule has 0 radical (unpaired) electrons. The summed E-state index contributed by atoms with van der Waals surface area (Å²) in [5.74, 6) is -0.581. The molecule has 0 amide bonds. The molecule has 1 unspecified atom stereocenters. The zero-order valence-electron chi connectivity index (χ0n) is 10.5. The van der Waals surface area contributed by atoms with Gasteiger partial charge in [-0.3, -0.25) is 0 Å². The van der Waals surface area contributed by atoms with Crippen LogP contribution >= 0.6 is 15.9 Å². The molecular formula is C14H13BrFNO2S. The molecule has 1 N–H and O–H groups in total. The molecule has 106 valence electrons. The second kappa shape index (κ2) is 6.47. The molecule has 0 aromatic heterocycles. The van der Waals surface area contributed by atoms with Gasteiger partial charge in [0.15, 0.2) is 0 Å². The zero-order chi connectivity index (χ0) is 14.6. The lowest BCUT2D eigenvalue weighted by atomic mass is 10.1. The number of sulfonamides is 1. The fourth-order valence-electron chi connectivity index (χ4n) is 1.76. The Labute approximate surface area is 126 Å². The Bertz CT molecular complexity index is 677. The minimum Gasteiger partial charge on any atom is -0.207 e. The fourth-order valence-corrected chi connectivity index (χ4v) is 3.77. The van der Waals surface area contributed by atoms with Gasteiger partial charge in [0.05, 0.1) is 10.9 Å². The first-order valence-corrected chi connectivity index (χ1v) is 8.52. The van der Waals surface area contributed by atoms with Gasteiger partial charge >= 0.3 is 0 Å². The van der Waals surface area contributed by atoms with E-state index in [0.717, 1.165) is 11.6 Å². The van der Waals surface area contributed by atoms with E-state index in [2.05, 4.69) is 20.7 Å². The lowest BCUT2D eigenvalue weighted by molar-refractivity contribution is 0.565. The van der Waals surface area contributed by atoms with Gasteiger partial charge in [0.1, 0.15) is 5.82 Å². The molecule has 2 rings (SSSR count). The first-order valence-electron chi connectivity index (χ1n) is 5.92. The van der Waals surface area contributed by atoms with E-state index >= 15 is 0 Å². The Morgan fingerprint density at radius 1 is 1.10 bits per heavy atom. The highest BCUT2D eigenvalue weighted by Crippen LogP contribution is 2.19. The van der Waals surface area contributed by atoms with Crippen LogP contribution in [0.3, 0.4) is 0 Å². The predicted octanol–water partition coefficient (Wildman–Crippen LogP) is 3.24. The van der Waals surface area contributed by atoms with Gasteiger partial charge in [-0.15, -0.1) is 0 Å². The van der Waals surface area contributed by atoms with E-state index in [4.69, 9.17) is 0 Å². The van der Waals surface area contributed by atoms with Crippen molar-refractivity contribution in [2.75, 3.05) is 5.33 Å². The highest BCUT2D eigenvalue weighted by molar-refractivity contribution is 9.09. The maximum Gasteiger partial charge on any atom is 0.241 e. The van der Waals surface area contributed by atoms with E-state index in [1.807, 2.05) is 30.3 Å². The number of nitrogens with one attached hydrogen (secondary N) is 1. The summed E-state index contributed by atoms with van der Waals surface area (Å²) in [7, 11) is -3.76. The fraction of sp³-hybridized carbons (Fsp3) is 0.143. The third-order valence-corrected chi connectivity index (χ3v) is 4.88. The molecule has 0 bridgehead atoms. The summed E-state index contributed by atoms with van der Waals surface area (Å²) in [5.41, 5.74) is 0.837. The summed E-state index contributed by atoms with van der Waals surface area (Å²) in [6, 6.07) is 13.7. The molecule has 3 nitrogen and oxygen atoms in total. The lowest BCUT2D eigenvalue weighted by Gasteiger charge is -2.16. The lowest BCUT2D eigenvalue weighted by Crippen LogP contribution is -2.29. The summed E-state index contributed by atoms with van der Waals surface area (Å²) in [4.78, 5) is -0.0839. The number of rotatable bonds is 5. The van der Waals surface area contributed by atoms with E-state index < -0.39 is 21.9 Å². The van der Waals surface area contributed by atoms with Gasteiger partial charge in [-0.25, -0.2) is 17.5 Å². The van der Waals surface area contributed by atoms with Crippen LogP contribution < -0.4 is 4.72 Å². The van der Waals surface area contributed by atoms with Crippen LogP contribution in [-0.4, -0.2) is 13.7 Å². The van der Waals surface area contributed by atoms with Crippen LogP contribution in [0.4, 0.5) is 4.39 Å². The number of alkyl halides is 1. The summed E-state index contributed by atoms with van der Waals surface area (Å²) in [6.07, 6.45) is 0. The number of halogens is 2. The van der Waals surface area contributed by atoms with Crippen LogP contribution in [0.25, 0.3) is 0 Å². The number of hydrogen-bond acceptors (Lipinski definition) is 2. The quantitative estimate of drug-likeness (QED) is 0.835. The van der Waals surface area contributed by atoms with Crippen molar-refractivity contribution in [3.05, 3.63) is 66.0 Å². The zero-order valence-corrected chi connectivity index (χ0v) is 12.9. The summed E-state index contributed by atoms with van der Waals surface area (Å²) < 4.78 is 40.2. The Balaban J connectivity index is 2.27. The molecule has 0 aliphatic rings. The number of benzene rings is 2. The monoisotopic (exact) mass is 357 g/mol. The van der Waals surface area contributed by atoms with Crippen LogP contribution in [0.2, 0.25) is 0 Å². The van der Waals surface area contributed by atoms with E-state index in [9.17, 15) is 12.8 Å². The van der Waals surface area contributed by atoms with Gasteiger partial charge in [0.2, 0.25) is 10.0 Å². The molecular weight excluding hydrogens is 345 g/mol. The summed E-state index contributed by atoms with van der Waals surface area (Å²) in [5, 5.41) is 0.422. The third-order valence-electron chi connectivity index (χ3n) is 2.76. The maximum absolute atomic E-state index is 13.1. The van der Waals surface area contributed by atoms with Crippen molar-refractivity contribution >= 4 is 26.0 Å². The predicted molar refractivity (Wildman–Crippen MR) is 79.7 cm³/mol. The average Bonchev–Trinajstić information content (AvgIpc) is 2.46. The van der Waals surface area contributed by atoms with E-state index in [1.54, 1.807) is 0 Å². The molecule has 0 aliphatic heterocycles. The van der Waals surface area contributed by atoms with Crippen LogP contribution in [0.5, 0.6) is 0 Å². The maximum atomic E-state index is 13.1. The molecule has 0 fully saturated rings. The number of hydrogen-bond donors (Lipinski definition) is 1. The van der Waals surface area contributed by atoms with Crippen molar-refractivity contribution in [3.63, 3.8) is 0 Å². The molecule has 0 saturated heterocycles. The Morgan fingerprint density at radius 3 is 2.40 bits per heavy atom. The van der Waals surface area contributed by atoms with E-state index in [1.165, 1.54) is 18.2 Å². The van der Waals surface area contributed by atoms with Crippen molar-refractivity contribution < 1.29 is 12.8 Å². The highest BCUT2D eigenvalue weighted by Gasteiger charge is 2.20. The van der Waals surface area contributed by atoms with Gasteiger partial charge in [-0.05, 0) is 23.8 Å². The van der Waals surface area contributed by atoms with Gasteiger partial charge in [0.25, 0.3) is 0 Å². The van der Waals surface area contributed by atoms with Crippen LogP contribution in [-0.2, 0) is 10.0 Å². The van der Waals surface area contributed by atoms with Crippen molar-refractivity contribution in [2.24, 2.45) is 0 Å². The molecule has 1 atom stereocenters. The normalized spacial score (nSPS) is 13.1. The third kappa shape index (κ3) is 3.65. The SMILES string of the molecule is O=S(=O)(NC(CBr)c1ccccc1)c1cccc(F)c1. The minimum atomic E-state index is -3.76. The largest absolute Gasteiger partial charge is 0.241 e. The Hall–Kier alpha value is -1.24. The first kappa shape index (κ1) is 15.2. The van der Waals surface area contributed by atoms with Crippen molar-refractivity contribution in [1.82, 2.24) is 4.72 Å². The topological polar surface area (TPSA) is 46.2 Å². The summed E-state index contributed by atoms with van der Waals surface area (Å²) >= 11 is 3.29. The molecule has 0 saturated carbocycles. The molecule has 6 heteroatoms. The van der Waals surface area contributed by atoms with Crippen LogP contribution in [0.15, 0.2) is 59.5 Å². The van der Waals surface area contributed by atoms with Crippen LogP contribution in [0, 0.1) is 5.82 Å². The van der Waals surface area contributed by atoms with Crippen LogP contribution in [0.1, 0.15) is 11.6 Å². The standard InChI is InChI=1S/C14H13BrFNO2S/c15-10-14(11-5-2-1-3-6-11)17-20(18,19)13-8-4-7-12(16)9-13/h1-9,14,17H,10H2. The summed E-state index contributed by atoms with van der Waals surface area (Å²) in [6.45, 7) is 0. The van der Waals surface area contributed by atoms with Crippen molar-refractivity contribution in [1.29, 1.82) is 0 Å². The molecule has 0 spiro atoms. The van der Waals surface area contributed by atoms with Gasteiger partial charge in [-0.2, -0.15) is 0 Å². The molecule has 0 heterocycles. The van der Waals surface area contributed by atoms with E-state index in [0.29, 0.717) is 5.33 Å². The molecule has 2 aromatic carbocycles. The van der Waals surface area contributed by atoms with Gasteiger partial charge in [-0.1, -0.05) is 52.3 Å². The second-order valence-corrected chi connectivity index (χ2v) is 6.56. The van der Waals surface area contributed by atoms with Gasteiger partial charge < -0.3 is 0 Å². The first-order chi connectivity index (χ1) is 9.53. The average molecular weight is 358 g/mol. The van der Waals surface area contributed by atoms with E-state index in [-0.39, 0.29) is 4.90 Å². The van der Waals surface area contributed by atoms with Crippen molar-refractivity contribution in [2.45, 2.75) is 10.9 Å². The Morgan fingerprint density at radius 2 is 1.80 bits per heavy atom. The highest BCUT2D eigenvalue weighted by atomic mass is 79.9. The smallest absolute Gasteiger partial charge is 0.207 e. The van der Waals surface area contributed by atoms with Crippen molar-refractivity contribution in [3.8, 4) is 0 Å². The Kier molecular flexibility index (Phi) is 4.91. The second-order valence-electron chi connectivity index (χ2n) is 4.20. The molecule has 0 aliphatic carbocycles. The molecule has 2 aromatic rings. The molecule has 20 heavy (non-hydrogen) atoms. The van der Waals surface area contributed by atoms with Gasteiger partial charge in [0, 0.05) is 5.33 Å².